The van der Waals surface area contributed by atoms with Crippen molar-refractivity contribution in [2.75, 3.05) is 0 Å². The van der Waals surface area contributed by atoms with Crippen LogP contribution < -0.4 is 10.9 Å². The minimum Gasteiger partial charge on any atom is -0.464 e. The van der Waals surface area contributed by atoms with E-state index in [-0.39, 0.29) is 18.7 Å². The van der Waals surface area contributed by atoms with E-state index in [1.54, 1.807) is 24.3 Å². The van der Waals surface area contributed by atoms with Gasteiger partial charge in [0.15, 0.2) is 11.6 Å². The Labute approximate surface area is 214 Å². The summed E-state index contributed by atoms with van der Waals surface area (Å²) in [5.41, 5.74) is 2.17. The van der Waals surface area contributed by atoms with Crippen molar-refractivity contribution in [1.82, 2.24) is 19.4 Å². The first-order valence-electron chi connectivity index (χ1n) is 11.5. The van der Waals surface area contributed by atoms with E-state index in [0.717, 1.165) is 27.8 Å². The molecule has 1 amide bonds. The van der Waals surface area contributed by atoms with Gasteiger partial charge in [-0.3, -0.25) is 9.59 Å². The number of hydrogen-bond donors (Lipinski definition) is 2. The number of amides is 1. The highest BCUT2D eigenvalue weighted by Gasteiger charge is 2.16. The molecule has 2 aromatic carbocycles. The van der Waals surface area contributed by atoms with Gasteiger partial charge in [-0.15, -0.1) is 0 Å². The Hall–Kier alpha value is -5.12. The lowest BCUT2D eigenvalue weighted by molar-refractivity contribution is 0.0948. The summed E-state index contributed by atoms with van der Waals surface area (Å²) in [5.74, 6) is -2.59. The van der Waals surface area contributed by atoms with Crippen LogP contribution in [0.5, 0.6) is 0 Å². The van der Waals surface area contributed by atoms with Crippen LogP contribution in [-0.4, -0.2) is 31.2 Å². The van der Waals surface area contributed by atoms with Crippen molar-refractivity contribution in [1.29, 1.82) is 0 Å². The van der Waals surface area contributed by atoms with Crippen LogP contribution in [0.3, 0.4) is 0 Å². The maximum atomic E-state index is 13.5. The number of fused-ring (bicyclic) bond motifs is 1. The lowest BCUT2D eigenvalue weighted by Crippen LogP contribution is -2.32. The Morgan fingerprint density at radius 2 is 1.79 bits per heavy atom. The van der Waals surface area contributed by atoms with Crippen molar-refractivity contribution in [3.8, 4) is 11.1 Å². The van der Waals surface area contributed by atoms with E-state index >= 15 is 0 Å². The molecule has 190 valence electrons. The zero-order chi connectivity index (χ0) is 26.8. The highest BCUT2D eigenvalue weighted by molar-refractivity contribution is 5.98. The molecule has 2 N–H and O–H groups in total. The minimum atomic E-state index is -1.15. The van der Waals surface area contributed by atoms with E-state index in [1.807, 2.05) is 12.1 Å². The Balaban J connectivity index is 1.35. The smallest absolute Gasteiger partial charge is 0.417 e. The van der Waals surface area contributed by atoms with Crippen molar-refractivity contribution in [3.05, 3.63) is 124 Å². The molecule has 0 atom stereocenters. The first-order chi connectivity index (χ1) is 18.3. The first kappa shape index (κ1) is 24.6. The second kappa shape index (κ2) is 10.1. The van der Waals surface area contributed by atoms with E-state index in [4.69, 9.17) is 0 Å². The highest BCUT2D eigenvalue weighted by Crippen LogP contribution is 2.30. The van der Waals surface area contributed by atoms with Gasteiger partial charge in [-0.05, 0) is 59.2 Å². The molecule has 0 radical (unpaired) electrons. The maximum absolute atomic E-state index is 13.5. The molecule has 5 aromatic rings. The largest absolute Gasteiger partial charge is 0.464 e. The second-order valence-electron chi connectivity index (χ2n) is 8.56. The van der Waals surface area contributed by atoms with Gasteiger partial charge in [0.1, 0.15) is 11.2 Å². The van der Waals surface area contributed by atoms with Crippen LogP contribution in [0.1, 0.15) is 21.5 Å². The fraction of sp³-hybridized carbons (Fsp3) is 0.0714. The lowest BCUT2D eigenvalue weighted by atomic mass is 10.0. The van der Waals surface area contributed by atoms with Crippen LogP contribution in [0.4, 0.5) is 13.6 Å². The predicted molar refractivity (Wildman–Crippen MR) is 136 cm³/mol. The summed E-state index contributed by atoms with van der Waals surface area (Å²) in [5, 5.41) is 12.9. The fourth-order valence-corrected chi connectivity index (χ4v) is 4.23. The van der Waals surface area contributed by atoms with Gasteiger partial charge < -0.3 is 15.0 Å². The number of carbonyl (C=O) groups is 2. The third-order valence-corrected chi connectivity index (χ3v) is 6.06. The van der Waals surface area contributed by atoms with Gasteiger partial charge in [-0.1, -0.05) is 24.3 Å². The van der Waals surface area contributed by atoms with Crippen LogP contribution in [0, 0.1) is 11.6 Å². The minimum absolute atomic E-state index is 0.0298. The summed E-state index contributed by atoms with van der Waals surface area (Å²) >= 11 is 0. The molecule has 8 nitrogen and oxygen atoms in total. The van der Waals surface area contributed by atoms with Crippen molar-refractivity contribution >= 4 is 23.0 Å². The molecule has 0 spiro atoms. The number of hydrogen-bond acceptors (Lipinski definition) is 4. The normalized spacial score (nSPS) is 11.0. The summed E-state index contributed by atoms with van der Waals surface area (Å²) in [7, 11) is 0. The second-order valence-corrected chi connectivity index (χ2v) is 8.56. The molecule has 0 saturated carbocycles. The van der Waals surface area contributed by atoms with Gasteiger partial charge in [0.25, 0.3) is 11.5 Å². The average molecular weight is 514 g/mol. The van der Waals surface area contributed by atoms with Gasteiger partial charge in [-0.25, -0.2) is 23.1 Å². The summed E-state index contributed by atoms with van der Waals surface area (Å²) in [4.78, 5) is 41.5. The summed E-state index contributed by atoms with van der Waals surface area (Å²) in [6.07, 6.45) is 3.33. The number of halogens is 2. The molecule has 0 saturated heterocycles. The van der Waals surface area contributed by atoms with Crippen LogP contribution in [0.25, 0.3) is 22.2 Å². The monoisotopic (exact) mass is 514 g/mol. The number of carbonyl (C=O) groups excluding carboxylic acids is 1. The third kappa shape index (κ3) is 4.79. The Bertz CT molecular complexity index is 1760. The SMILES string of the molecule is O=C(NCc1cccc(-c2cn(C(=O)O)c3ncccc23)c1)c1cccn(Cc2ccc(F)c(F)c2)c1=O. The van der Waals surface area contributed by atoms with E-state index in [0.29, 0.717) is 22.2 Å². The zero-order valence-electron chi connectivity index (χ0n) is 19.8. The molecule has 10 heteroatoms. The molecular weight excluding hydrogens is 494 g/mol. The van der Waals surface area contributed by atoms with Gasteiger partial charge in [0.05, 0.1) is 6.54 Å². The van der Waals surface area contributed by atoms with E-state index in [1.165, 1.54) is 41.4 Å². The van der Waals surface area contributed by atoms with Crippen molar-refractivity contribution in [2.45, 2.75) is 13.1 Å². The number of carboxylic acid groups (broad SMARTS) is 1. The number of rotatable bonds is 6. The molecule has 3 aromatic heterocycles. The van der Waals surface area contributed by atoms with Gasteiger partial charge >= 0.3 is 6.09 Å². The summed E-state index contributed by atoms with van der Waals surface area (Å²) in [6.45, 7) is 0.0814. The maximum Gasteiger partial charge on any atom is 0.417 e. The molecule has 0 aliphatic rings. The Morgan fingerprint density at radius 1 is 0.947 bits per heavy atom. The van der Waals surface area contributed by atoms with Crippen LogP contribution in [0.15, 0.2) is 90.1 Å². The summed E-state index contributed by atoms with van der Waals surface area (Å²) in [6, 6.07) is 17.0. The lowest BCUT2D eigenvalue weighted by Gasteiger charge is -2.10. The molecule has 0 fully saturated rings. The zero-order valence-corrected chi connectivity index (χ0v) is 19.8. The third-order valence-electron chi connectivity index (χ3n) is 6.06. The molecule has 0 bridgehead atoms. The van der Waals surface area contributed by atoms with Crippen molar-refractivity contribution in [2.24, 2.45) is 0 Å². The molecule has 3 heterocycles. The Morgan fingerprint density at radius 3 is 2.58 bits per heavy atom. The standard InChI is InChI=1S/C28H20F2N4O4/c29-23-9-8-18(13-24(23)30)15-33-11-3-7-21(27(33)36)26(35)32-14-17-4-1-5-19(12-17)22-16-34(28(37)38)25-20(22)6-2-10-31-25/h1-13,16H,14-15H2,(H,32,35)(H,37,38). The summed E-state index contributed by atoms with van der Waals surface area (Å²) < 4.78 is 29.1. The fourth-order valence-electron chi connectivity index (χ4n) is 4.23. The van der Waals surface area contributed by atoms with Gasteiger partial charge in [-0.2, -0.15) is 0 Å². The number of nitrogens with zero attached hydrogens (tertiary/aromatic N) is 3. The van der Waals surface area contributed by atoms with Crippen LogP contribution in [-0.2, 0) is 13.1 Å². The quantitative estimate of drug-likeness (QED) is 0.343. The van der Waals surface area contributed by atoms with Crippen LogP contribution >= 0.6 is 0 Å². The highest BCUT2D eigenvalue weighted by atomic mass is 19.2. The average Bonchev–Trinajstić information content (AvgIpc) is 3.31. The Kier molecular flexibility index (Phi) is 6.53. The first-order valence-corrected chi connectivity index (χ1v) is 11.5. The number of pyridine rings is 2. The van der Waals surface area contributed by atoms with Crippen molar-refractivity contribution in [3.63, 3.8) is 0 Å². The van der Waals surface area contributed by atoms with Crippen molar-refractivity contribution < 1.29 is 23.5 Å². The molecule has 38 heavy (non-hydrogen) atoms. The predicted octanol–water partition coefficient (Wildman–Crippen LogP) is 4.65. The number of nitrogens with one attached hydrogen (secondary N) is 1. The van der Waals surface area contributed by atoms with Gasteiger partial charge in [0, 0.05) is 36.1 Å². The van der Waals surface area contributed by atoms with E-state index < -0.39 is 29.2 Å². The molecule has 0 aliphatic carbocycles. The van der Waals surface area contributed by atoms with Crippen LogP contribution in [0.2, 0.25) is 0 Å². The molecule has 0 unspecified atom stereocenters. The van der Waals surface area contributed by atoms with E-state index in [2.05, 4.69) is 10.3 Å². The van der Waals surface area contributed by atoms with Gasteiger partial charge in [0.2, 0.25) is 0 Å². The number of aromatic nitrogens is 3. The number of benzene rings is 2. The molecule has 5 rings (SSSR count). The molecular formula is C28H20F2N4O4. The van der Waals surface area contributed by atoms with E-state index in [9.17, 15) is 28.3 Å². The topological polar surface area (TPSA) is 106 Å². The molecule has 0 aliphatic heterocycles.